The fourth-order valence-electron chi connectivity index (χ4n) is 3.50. The molecule has 174 valence electrons. The number of hydrogen-bond donors (Lipinski definition) is 2. The second-order valence-corrected chi connectivity index (χ2v) is 10.1. The van der Waals surface area contributed by atoms with Crippen LogP contribution in [0.1, 0.15) is 18.5 Å². The smallest absolute Gasteiger partial charge is 0.227 e. The van der Waals surface area contributed by atoms with Crippen molar-refractivity contribution in [1.29, 1.82) is 0 Å². The van der Waals surface area contributed by atoms with Gasteiger partial charge < -0.3 is 15.5 Å². The van der Waals surface area contributed by atoms with E-state index in [0.29, 0.717) is 54.6 Å². The van der Waals surface area contributed by atoms with Crippen molar-refractivity contribution >= 4 is 45.0 Å². The van der Waals surface area contributed by atoms with Gasteiger partial charge in [0.2, 0.25) is 16.0 Å². The Labute approximate surface area is 198 Å². The second-order valence-electron chi connectivity index (χ2n) is 7.72. The molecule has 0 saturated carbocycles. The molecule has 1 aliphatic rings. The highest BCUT2D eigenvalue weighted by Gasteiger charge is 2.25. The molecule has 1 unspecified atom stereocenters. The summed E-state index contributed by atoms with van der Waals surface area (Å²) < 4.78 is 25.2. The molecule has 1 aromatic carbocycles. The highest BCUT2D eigenvalue weighted by atomic mass is 35.5. The summed E-state index contributed by atoms with van der Waals surface area (Å²) in [6, 6.07) is 9.34. The lowest BCUT2D eigenvalue weighted by Crippen LogP contribution is -2.48. The third kappa shape index (κ3) is 6.06. The van der Waals surface area contributed by atoms with E-state index < -0.39 is 10.0 Å². The van der Waals surface area contributed by atoms with Gasteiger partial charge >= 0.3 is 0 Å². The van der Waals surface area contributed by atoms with Gasteiger partial charge in [-0.3, -0.25) is 4.98 Å². The van der Waals surface area contributed by atoms with E-state index in [2.05, 4.69) is 25.6 Å². The van der Waals surface area contributed by atoms with E-state index in [1.807, 2.05) is 42.2 Å². The van der Waals surface area contributed by atoms with Crippen LogP contribution in [-0.4, -0.2) is 65.1 Å². The molecular weight excluding hydrogens is 464 g/mol. The SMILES string of the molecule is CC(Nc1nc(Nc2cnccn2)cc(N2CCN(S(C)(=O)=O)CC2)n1)c1ccc(Cl)cc1. The molecule has 4 rings (SSSR count). The molecule has 0 amide bonds. The van der Waals surface area contributed by atoms with Crippen molar-refractivity contribution in [3.63, 3.8) is 0 Å². The minimum Gasteiger partial charge on any atom is -0.354 e. The third-order valence-corrected chi connectivity index (χ3v) is 6.83. The molecule has 2 aromatic heterocycles. The zero-order valence-corrected chi connectivity index (χ0v) is 19.9. The Kier molecular flexibility index (Phi) is 6.91. The van der Waals surface area contributed by atoms with E-state index in [1.54, 1.807) is 18.6 Å². The van der Waals surface area contributed by atoms with Crippen LogP contribution in [0.15, 0.2) is 48.9 Å². The first-order valence-electron chi connectivity index (χ1n) is 10.4. The van der Waals surface area contributed by atoms with E-state index in [9.17, 15) is 8.42 Å². The summed E-state index contributed by atoms with van der Waals surface area (Å²) in [6.07, 6.45) is 6.03. The maximum absolute atomic E-state index is 11.9. The van der Waals surface area contributed by atoms with Crippen molar-refractivity contribution in [2.24, 2.45) is 0 Å². The quantitative estimate of drug-likeness (QED) is 0.517. The fraction of sp³-hybridized carbons (Fsp3) is 0.333. The molecule has 0 bridgehead atoms. The Morgan fingerprint density at radius 3 is 2.39 bits per heavy atom. The molecule has 1 atom stereocenters. The van der Waals surface area contributed by atoms with Gasteiger partial charge in [-0.25, -0.2) is 13.4 Å². The first kappa shape index (κ1) is 23.1. The van der Waals surface area contributed by atoms with Gasteiger partial charge in [-0.1, -0.05) is 23.7 Å². The zero-order valence-electron chi connectivity index (χ0n) is 18.3. The summed E-state index contributed by atoms with van der Waals surface area (Å²) in [5.41, 5.74) is 1.04. The fourth-order valence-corrected chi connectivity index (χ4v) is 4.45. The minimum atomic E-state index is -3.21. The van der Waals surface area contributed by atoms with E-state index in [-0.39, 0.29) is 6.04 Å². The standard InChI is InChI=1S/C21H25ClN8O2S/c1-15(16-3-5-17(22)6-4-16)25-21-27-18(26-19-14-23-7-8-24-19)13-20(28-21)29-9-11-30(12-10-29)33(2,31)32/h3-8,13-15H,9-12H2,1-2H3,(H2,24,25,26,27,28). The molecule has 0 radical (unpaired) electrons. The molecule has 1 fully saturated rings. The number of sulfonamides is 1. The van der Waals surface area contributed by atoms with Crippen LogP contribution in [0.5, 0.6) is 0 Å². The van der Waals surface area contributed by atoms with Crippen LogP contribution in [-0.2, 0) is 10.0 Å². The average molecular weight is 489 g/mol. The van der Waals surface area contributed by atoms with Crippen molar-refractivity contribution in [2.45, 2.75) is 13.0 Å². The lowest BCUT2D eigenvalue weighted by atomic mass is 10.1. The van der Waals surface area contributed by atoms with Crippen molar-refractivity contribution in [2.75, 3.05) is 48.0 Å². The summed E-state index contributed by atoms with van der Waals surface area (Å²) in [4.78, 5) is 19.7. The van der Waals surface area contributed by atoms with Crippen LogP contribution >= 0.6 is 11.6 Å². The number of piperazine rings is 1. The number of halogens is 1. The Morgan fingerprint density at radius 1 is 1.03 bits per heavy atom. The molecule has 12 heteroatoms. The molecule has 1 saturated heterocycles. The number of hydrogen-bond acceptors (Lipinski definition) is 9. The number of aromatic nitrogens is 4. The number of rotatable bonds is 7. The number of anilines is 4. The van der Waals surface area contributed by atoms with Gasteiger partial charge in [0.05, 0.1) is 18.5 Å². The molecule has 1 aliphatic heterocycles. The molecule has 2 N–H and O–H groups in total. The minimum absolute atomic E-state index is 0.0658. The van der Waals surface area contributed by atoms with E-state index in [1.165, 1.54) is 10.6 Å². The van der Waals surface area contributed by atoms with E-state index >= 15 is 0 Å². The van der Waals surface area contributed by atoms with Crippen molar-refractivity contribution < 1.29 is 8.42 Å². The van der Waals surface area contributed by atoms with Gasteiger partial charge in [-0.05, 0) is 24.6 Å². The lowest BCUT2D eigenvalue weighted by Gasteiger charge is -2.34. The summed E-state index contributed by atoms with van der Waals surface area (Å²) in [6.45, 7) is 3.88. The van der Waals surface area contributed by atoms with Crippen LogP contribution in [0.25, 0.3) is 0 Å². The van der Waals surface area contributed by atoms with Crippen LogP contribution in [0.2, 0.25) is 5.02 Å². The van der Waals surface area contributed by atoms with Crippen LogP contribution < -0.4 is 15.5 Å². The highest BCUT2D eigenvalue weighted by Crippen LogP contribution is 2.25. The molecular formula is C21H25ClN8O2S. The number of nitrogens with zero attached hydrogens (tertiary/aromatic N) is 6. The van der Waals surface area contributed by atoms with Crippen molar-refractivity contribution in [1.82, 2.24) is 24.2 Å². The van der Waals surface area contributed by atoms with E-state index in [0.717, 1.165) is 5.56 Å². The molecule has 0 aliphatic carbocycles. The van der Waals surface area contributed by atoms with Crippen LogP contribution in [0.3, 0.4) is 0 Å². The lowest BCUT2D eigenvalue weighted by molar-refractivity contribution is 0.387. The molecule has 0 spiro atoms. The van der Waals surface area contributed by atoms with Gasteiger partial charge in [0.15, 0.2) is 0 Å². The Morgan fingerprint density at radius 2 is 1.76 bits per heavy atom. The number of benzene rings is 1. The van der Waals surface area contributed by atoms with Gasteiger partial charge in [0, 0.05) is 49.7 Å². The van der Waals surface area contributed by atoms with Gasteiger partial charge in [-0.2, -0.15) is 14.3 Å². The largest absolute Gasteiger partial charge is 0.354 e. The molecule has 33 heavy (non-hydrogen) atoms. The van der Waals surface area contributed by atoms with Crippen molar-refractivity contribution in [3.8, 4) is 0 Å². The number of nitrogens with one attached hydrogen (secondary N) is 2. The highest BCUT2D eigenvalue weighted by molar-refractivity contribution is 7.88. The molecule has 3 heterocycles. The summed E-state index contributed by atoms with van der Waals surface area (Å²) in [5.74, 6) is 2.24. The van der Waals surface area contributed by atoms with Gasteiger partial charge in [0.1, 0.15) is 17.5 Å². The first-order valence-corrected chi connectivity index (χ1v) is 12.6. The monoisotopic (exact) mass is 488 g/mol. The maximum Gasteiger partial charge on any atom is 0.227 e. The normalized spacial score (nSPS) is 15.8. The predicted molar refractivity (Wildman–Crippen MR) is 129 cm³/mol. The van der Waals surface area contributed by atoms with Crippen molar-refractivity contribution in [3.05, 3.63) is 59.5 Å². The van der Waals surface area contributed by atoms with Gasteiger partial charge in [-0.15, -0.1) is 0 Å². The molecule has 3 aromatic rings. The van der Waals surface area contributed by atoms with Gasteiger partial charge in [0.25, 0.3) is 0 Å². The maximum atomic E-state index is 11.9. The third-order valence-electron chi connectivity index (χ3n) is 5.28. The summed E-state index contributed by atoms with van der Waals surface area (Å²) in [7, 11) is -3.21. The Balaban J connectivity index is 1.58. The van der Waals surface area contributed by atoms with Crippen LogP contribution in [0, 0.1) is 0 Å². The predicted octanol–water partition coefficient (Wildman–Crippen LogP) is 2.92. The zero-order chi connectivity index (χ0) is 23.4. The first-order chi connectivity index (χ1) is 15.8. The second kappa shape index (κ2) is 9.86. The summed E-state index contributed by atoms with van der Waals surface area (Å²) >= 11 is 6.01. The summed E-state index contributed by atoms with van der Waals surface area (Å²) in [5, 5.41) is 7.18. The Bertz CT molecular complexity index is 1190. The topological polar surface area (TPSA) is 116 Å². The average Bonchev–Trinajstić information content (AvgIpc) is 2.79. The van der Waals surface area contributed by atoms with Crippen LogP contribution in [0.4, 0.5) is 23.4 Å². The molecule has 10 nitrogen and oxygen atoms in total. The van der Waals surface area contributed by atoms with E-state index in [4.69, 9.17) is 16.6 Å². The Hall–Kier alpha value is -3.02.